The fraction of sp³-hybridized carbons (Fsp3) is 0.562. The van der Waals surface area contributed by atoms with Gasteiger partial charge in [-0.15, -0.1) is 0 Å². The van der Waals surface area contributed by atoms with Crippen LogP contribution in [0.1, 0.15) is 26.7 Å². The Labute approximate surface area is 153 Å². The molecule has 0 aromatic rings. The number of hydrogen-bond donors (Lipinski definition) is 4. The SMILES string of the molecule is C=C(C)C(=O)NCCCN(CCCNC(=O)C(=C)C)C(=O)CP(=O)(O)O. The molecule has 0 rings (SSSR count). The molecule has 0 aromatic carbocycles. The lowest BCUT2D eigenvalue weighted by atomic mass is 10.3. The zero-order valence-corrected chi connectivity index (χ0v) is 16.2. The van der Waals surface area contributed by atoms with Crippen molar-refractivity contribution in [2.75, 3.05) is 32.3 Å². The Hall–Kier alpha value is -1.96. The van der Waals surface area contributed by atoms with E-state index >= 15 is 0 Å². The quantitative estimate of drug-likeness (QED) is 0.213. The molecule has 0 aliphatic carbocycles. The van der Waals surface area contributed by atoms with Crippen molar-refractivity contribution < 1.29 is 28.7 Å². The molecule has 148 valence electrons. The number of carbonyl (C=O) groups excluding carboxylic acids is 3. The summed E-state index contributed by atoms with van der Waals surface area (Å²) in [5.74, 6) is -1.25. The van der Waals surface area contributed by atoms with Gasteiger partial charge in [-0.25, -0.2) is 0 Å². The Kier molecular flexibility index (Phi) is 10.7. The number of carbonyl (C=O) groups is 3. The van der Waals surface area contributed by atoms with Gasteiger partial charge in [0.15, 0.2) is 0 Å². The smallest absolute Gasteiger partial charge is 0.334 e. The summed E-state index contributed by atoms with van der Waals surface area (Å²) in [4.78, 5) is 54.1. The molecule has 0 spiro atoms. The van der Waals surface area contributed by atoms with Crippen molar-refractivity contribution in [3.63, 3.8) is 0 Å². The first-order valence-corrected chi connectivity index (χ1v) is 9.93. The van der Waals surface area contributed by atoms with Crippen LogP contribution < -0.4 is 10.6 Å². The maximum atomic E-state index is 12.1. The Morgan fingerprint density at radius 3 is 1.62 bits per heavy atom. The van der Waals surface area contributed by atoms with Gasteiger partial charge in [-0.3, -0.25) is 18.9 Å². The molecule has 0 radical (unpaired) electrons. The van der Waals surface area contributed by atoms with Crippen molar-refractivity contribution in [1.29, 1.82) is 0 Å². The van der Waals surface area contributed by atoms with E-state index in [1.165, 1.54) is 4.90 Å². The number of nitrogens with one attached hydrogen (secondary N) is 2. The maximum absolute atomic E-state index is 12.1. The van der Waals surface area contributed by atoms with Crippen molar-refractivity contribution in [2.24, 2.45) is 0 Å². The van der Waals surface area contributed by atoms with Crippen molar-refractivity contribution in [2.45, 2.75) is 26.7 Å². The van der Waals surface area contributed by atoms with Crippen LogP contribution in [0.5, 0.6) is 0 Å². The Morgan fingerprint density at radius 2 is 1.31 bits per heavy atom. The summed E-state index contributed by atoms with van der Waals surface area (Å²) in [6, 6.07) is 0. The molecule has 0 fully saturated rings. The van der Waals surface area contributed by atoms with Gasteiger partial charge in [0.25, 0.3) is 0 Å². The first-order chi connectivity index (χ1) is 11.9. The van der Waals surface area contributed by atoms with E-state index in [0.29, 0.717) is 37.1 Å². The molecule has 0 bridgehead atoms. The largest absolute Gasteiger partial charge is 0.352 e. The Balaban J connectivity index is 4.50. The molecule has 9 nitrogen and oxygen atoms in total. The highest BCUT2D eigenvalue weighted by Gasteiger charge is 2.23. The first kappa shape index (κ1) is 24.0. The van der Waals surface area contributed by atoms with E-state index in [1.54, 1.807) is 13.8 Å². The predicted octanol–water partition coefficient (Wildman–Crippen LogP) is 0.158. The van der Waals surface area contributed by atoms with Crippen LogP contribution in [-0.4, -0.2) is 64.7 Å². The molecule has 0 aliphatic rings. The summed E-state index contributed by atoms with van der Waals surface area (Å²) in [7, 11) is -4.47. The summed E-state index contributed by atoms with van der Waals surface area (Å²) < 4.78 is 11.0. The van der Waals surface area contributed by atoms with Crippen LogP contribution in [-0.2, 0) is 18.9 Å². The average Bonchev–Trinajstić information content (AvgIpc) is 2.50. The Morgan fingerprint density at radius 1 is 0.923 bits per heavy atom. The Bertz CT molecular complexity index is 565. The first-order valence-electron chi connectivity index (χ1n) is 8.14. The summed E-state index contributed by atoms with van der Waals surface area (Å²) >= 11 is 0. The molecule has 26 heavy (non-hydrogen) atoms. The molecular weight excluding hydrogens is 361 g/mol. The minimum Gasteiger partial charge on any atom is -0.352 e. The third-order valence-electron chi connectivity index (χ3n) is 3.25. The van der Waals surface area contributed by atoms with Gasteiger partial charge >= 0.3 is 7.60 Å². The van der Waals surface area contributed by atoms with Gasteiger partial charge in [-0.2, -0.15) is 0 Å². The number of hydrogen-bond acceptors (Lipinski definition) is 4. The fourth-order valence-corrected chi connectivity index (χ4v) is 2.44. The molecule has 0 heterocycles. The summed E-state index contributed by atoms with van der Waals surface area (Å²) in [5.41, 5.74) is 0.736. The van der Waals surface area contributed by atoms with E-state index in [9.17, 15) is 18.9 Å². The van der Waals surface area contributed by atoms with Crippen LogP contribution in [0, 0.1) is 0 Å². The van der Waals surface area contributed by atoms with Crippen LogP contribution in [0.2, 0.25) is 0 Å². The molecule has 0 unspecified atom stereocenters. The molecule has 10 heteroatoms. The lowest BCUT2D eigenvalue weighted by Crippen LogP contribution is -2.38. The molecule has 0 aliphatic heterocycles. The highest BCUT2D eigenvalue weighted by Crippen LogP contribution is 2.34. The van der Waals surface area contributed by atoms with Crippen LogP contribution >= 0.6 is 7.60 Å². The van der Waals surface area contributed by atoms with Crippen molar-refractivity contribution in [1.82, 2.24) is 15.5 Å². The van der Waals surface area contributed by atoms with E-state index in [2.05, 4.69) is 23.8 Å². The predicted molar refractivity (Wildman–Crippen MR) is 98.4 cm³/mol. The average molecular weight is 389 g/mol. The maximum Gasteiger partial charge on any atom is 0.334 e. The molecule has 0 saturated carbocycles. The topological polar surface area (TPSA) is 136 Å². The fourth-order valence-electron chi connectivity index (χ4n) is 1.88. The molecule has 4 N–H and O–H groups in total. The monoisotopic (exact) mass is 389 g/mol. The van der Waals surface area contributed by atoms with Crippen LogP contribution in [0.15, 0.2) is 24.3 Å². The second kappa shape index (κ2) is 11.6. The molecule has 0 aromatic heterocycles. The van der Waals surface area contributed by atoms with E-state index < -0.39 is 19.7 Å². The van der Waals surface area contributed by atoms with Gasteiger partial charge in [0.2, 0.25) is 17.7 Å². The summed E-state index contributed by atoms with van der Waals surface area (Å²) in [6.07, 6.45) is -0.0304. The number of nitrogens with zero attached hydrogens (tertiary/aromatic N) is 1. The third-order valence-corrected chi connectivity index (χ3v) is 3.93. The molecule has 0 saturated heterocycles. The van der Waals surface area contributed by atoms with Crippen molar-refractivity contribution in [3.05, 3.63) is 24.3 Å². The molecule has 0 atom stereocenters. The van der Waals surface area contributed by atoms with Gasteiger partial charge in [-0.05, 0) is 26.7 Å². The minimum absolute atomic E-state index is 0.226. The number of rotatable bonds is 12. The van der Waals surface area contributed by atoms with Gasteiger partial charge in [0, 0.05) is 37.3 Å². The van der Waals surface area contributed by atoms with Gasteiger partial charge in [0.1, 0.15) is 6.16 Å². The standard InChI is InChI=1S/C16H28N3O6P/c1-12(2)15(21)17-7-5-9-19(14(20)11-26(23,24)25)10-6-8-18-16(22)13(3)4/h1,3,5-11H2,2,4H3,(H,17,21)(H,18,22)(H2,23,24,25). The van der Waals surface area contributed by atoms with Crippen molar-refractivity contribution in [3.8, 4) is 0 Å². The van der Waals surface area contributed by atoms with E-state index in [-0.39, 0.29) is 24.9 Å². The van der Waals surface area contributed by atoms with E-state index in [0.717, 1.165) is 0 Å². The highest BCUT2D eigenvalue weighted by molar-refractivity contribution is 7.52. The lowest BCUT2D eigenvalue weighted by molar-refractivity contribution is -0.128. The zero-order valence-electron chi connectivity index (χ0n) is 15.3. The second-order valence-electron chi connectivity index (χ2n) is 5.98. The van der Waals surface area contributed by atoms with Gasteiger partial charge in [0.05, 0.1) is 0 Å². The zero-order chi connectivity index (χ0) is 20.3. The third kappa shape index (κ3) is 11.6. The highest BCUT2D eigenvalue weighted by atomic mass is 31.2. The van der Waals surface area contributed by atoms with E-state index in [1.807, 2.05) is 0 Å². The molecular formula is C16H28N3O6P. The lowest BCUT2D eigenvalue weighted by Gasteiger charge is -2.23. The molecule has 3 amide bonds. The summed E-state index contributed by atoms with van der Waals surface area (Å²) in [5, 5.41) is 5.25. The normalized spacial score (nSPS) is 10.8. The number of amides is 3. The van der Waals surface area contributed by atoms with Crippen LogP contribution in [0.4, 0.5) is 0 Å². The van der Waals surface area contributed by atoms with E-state index in [4.69, 9.17) is 9.79 Å². The van der Waals surface area contributed by atoms with Crippen LogP contribution in [0.3, 0.4) is 0 Å². The second-order valence-corrected chi connectivity index (χ2v) is 7.63. The van der Waals surface area contributed by atoms with Crippen LogP contribution in [0.25, 0.3) is 0 Å². The van der Waals surface area contributed by atoms with Gasteiger partial charge < -0.3 is 25.3 Å². The summed E-state index contributed by atoms with van der Waals surface area (Å²) in [6.45, 7) is 11.2. The minimum atomic E-state index is -4.47. The van der Waals surface area contributed by atoms with Crippen molar-refractivity contribution >= 4 is 25.3 Å². The van der Waals surface area contributed by atoms with Gasteiger partial charge in [-0.1, -0.05) is 13.2 Å².